The van der Waals surface area contributed by atoms with Gasteiger partial charge in [0.05, 0.1) is 6.10 Å². The molecule has 1 aliphatic heterocycles. The first-order valence-electron chi connectivity index (χ1n) is 8.02. The molecule has 0 saturated carbocycles. The normalized spacial score (nSPS) is 21.7. The summed E-state index contributed by atoms with van der Waals surface area (Å²) in [6, 6.07) is 6.90. The molecule has 3 atom stereocenters. The standard InChI is InChI=1S/C17H27FN2O/c1-3-16(19)17(13-7-9-14(18)10-8-13)20(4-2)12-15-6-5-11-21-15/h7-10,15-17H,3-6,11-12,19H2,1-2H3. The Morgan fingerprint density at radius 3 is 2.57 bits per heavy atom. The van der Waals surface area contributed by atoms with Gasteiger partial charge in [-0.3, -0.25) is 4.90 Å². The van der Waals surface area contributed by atoms with Crippen LogP contribution in [0.3, 0.4) is 0 Å². The average molecular weight is 294 g/mol. The zero-order chi connectivity index (χ0) is 15.2. The van der Waals surface area contributed by atoms with E-state index >= 15 is 0 Å². The highest BCUT2D eigenvalue weighted by Gasteiger charge is 2.28. The van der Waals surface area contributed by atoms with Crippen molar-refractivity contribution in [3.8, 4) is 0 Å². The lowest BCUT2D eigenvalue weighted by molar-refractivity contribution is 0.0531. The molecule has 1 saturated heterocycles. The highest BCUT2D eigenvalue weighted by atomic mass is 19.1. The monoisotopic (exact) mass is 294 g/mol. The molecule has 1 aromatic rings. The minimum Gasteiger partial charge on any atom is -0.377 e. The molecule has 21 heavy (non-hydrogen) atoms. The Morgan fingerprint density at radius 1 is 1.33 bits per heavy atom. The van der Waals surface area contributed by atoms with E-state index in [2.05, 4.69) is 18.7 Å². The minimum atomic E-state index is -0.204. The number of halogens is 1. The quantitative estimate of drug-likeness (QED) is 0.840. The minimum absolute atomic E-state index is 0.0387. The summed E-state index contributed by atoms with van der Waals surface area (Å²) in [5.74, 6) is -0.204. The van der Waals surface area contributed by atoms with Gasteiger partial charge in [0.15, 0.2) is 0 Å². The number of hydrogen-bond donors (Lipinski definition) is 1. The van der Waals surface area contributed by atoms with Gasteiger partial charge in [-0.25, -0.2) is 4.39 Å². The Hall–Kier alpha value is -0.970. The van der Waals surface area contributed by atoms with Crippen molar-refractivity contribution in [1.82, 2.24) is 4.90 Å². The summed E-state index contributed by atoms with van der Waals surface area (Å²) in [6.07, 6.45) is 3.46. The molecule has 3 unspecified atom stereocenters. The summed E-state index contributed by atoms with van der Waals surface area (Å²) < 4.78 is 18.9. The molecular weight excluding hydrogens is 267 g/mol. The summed E-state index contributed by atoms with van der Waals surface area (Å²) in [6.45, 7) is 6.92. The predicted molar refractivity (Wildman–Crippen MR) is 83.6 cm³/mol. The fraction of sp³-hybridized carbons (Fsp3) is 0.647. The fourth-order valence-electron chi connectivity index (χ4n) is 3.10. The van der Waals surface area contributed by atoms with E-state index in [1.165, 1.54) is 12.1 Å². The topological polar surface area (TPSA) is 38.5 Å². The maximum atomic E-state index is 13.2. The molecule has 0 aromatic heterocycles. The summed E-state index contributed by atoms with van der Waals surface area (Å²) >= 11 is 0. The third-order valence-corrected chi connectivity index (χ3v) is 4.35. The number of benzene rings is 1. The van der Waals surface area contributed by atoms with E-state index in [1.807, 2.05) is 12.1 Å². The number of likely N-dealkylation sites (N-methyl/N-ethyl adjacent to an activating group) is 1. The van der Waals surface area contributed by atoms with E-state index in [1.54, 1.807) is 0 Å². The highest BCUT2D eigenvalue weighted by molar-refractivity contribution is 5.21. The van der Waals surface area contributed by atoms with Gasteiger partial charge in [0.2, 0.25) is 0 Å². The molecule has 1 aliphatic rings. The SMILES string of the molecule is CCC(N)C(c1ccc(F)cc1)N(CC)CC1CCCO1. The lowest BCUT2D eigenvalue weighted by Crippen LogP contribution is -2.44. The number of rotatable bonds is 7. The third-order valence-electron chi connectivity index (χ3n) is 4.35. The third kappa shape index (κ3) is 4.25. The van der Waals surface area contributed by atoms with Crippen molar-refractivity contribution in [2.45, 2.75) is 51.3 Å². The van der Waals surface area contributed by atoms with Gasteiger partial charge in [0.1, 0.15) is 5.82 Å². The van der Waals surface area contributed by atoms with Crippen LogP contribution in [0, 0.1) is 5.82 Å². The molecule has 0 bridgehead atoms. The van der Waals surface area contributed by atoms with Crippen molar-refractivity contribution >= 4 is 0 Å². The largest absolute Gasteiger partial charge is 0.377 e. The van der Waals surface area contributed by atoms with Crippen LogP contribution in [0.1, 0.15) is 44.7 Å². The van der Waals surface area contributed by atoms with Crippen LogP contribution in [-0.2, 0) is 4.74 Å². The van der Waals surface area contributed by atoms with Gasteiger partial charge < -0.3 is 10.5 Å². The lowest BCUT2D eigenvalue weighted by Gasteiger charge is -2.36. The molecule has 0 spiro atoms. The van der Waals surface area contributed by atoms with Crippen molar-refractivity contribution in [3.05, 3.63) is 35.6 Å². The summed E-state index contributed by atoms with van der Waals surface area (Å²) in [4.78, 5) is 2.37. The highest BCUT2D eigenvalue weighted by Crippen LogP contribution is 2.27. The Bertz CT molecular complexity index is 417. The first-order chi connectivity index (χ1) is 10.2. The predicted octanol–water partition coefficient (Wildman–Crippen LogP) is 3.11. The Kier molecular flexibility index (Phi) is 6.15. The molecule has 1 aromatic carbocycles. The van der Waals surface area contributed by atoms with Gasteiger partial charge in [-0.1, -0.05) is 26.0 Å². The van der Waals surface area contributed by atoms with E-state index in [9.17, 15) is 4.39 Å². The van der Waals surface area contributed by atoms with Crippen LogP contribution in [0.25, 0.3) is 0 Å². The smallest absolute Gasteiger partial charge is 0.123 e. The average Bonchev–Trinajstić information content (AvgIpc) is 3.01. The van der Waals surface area contributed by atoms with Crippen LogP contribution in [0.15, 0.2) is 24.3 Å². The second-order valence-corrected chi connectivity index (χ2v) is 5.79. The molecular formula is C17H27FN2O. The second kappa shape index (κ2) is 7.87. The molecule has 0 radical (unpaired) electrons. The molecule has 1 fully saturated rings. The summed E-state index contributed by atoms with van der Waals surface area (Å²) in [5.41, 5.74) is 7.45. The van der Waals surface area contributed by atoms with E-state index in [4.69, 9.17) is 10.5 Å². The van der Waals surface area contributed by atoms with Crippen molar-refractivity contribution in [2.75, 3.05) is 19.7 Å². The molecule has 2 rings (SSSR count). The van der Waals surface area contributed by atoms with E-state index in [0.717, 1.165) is 44.5 Å². The van der Waals surface area contributed by atoms with Gasteiger partial charge in [0.25, 0.3) is 0 Å². The van der Waals surface area contributed by atoms with Gasteiger partial charge >= 0.3 is 0 Å². The fourth-order valence-corrected chi connectivity index (χ4v) is 3.10. The van der Waals surface area contributed by atoms with E-state index < -0.39 is 0 Å². The maximum Gasteiger partial charge on any atom is 0.123 e. The maximum absolute atomic E-state index is 13.2. The Labute approximate surface area is 127 Å². The van der Waals surface area contributed by atoms with Crippen LogP contribution in [0.2, 0.25) is 0 Å². The second-order valence-electron chi connectivity index (χ2n) is 5.79. The van der Waals surface area contributed by atoms with Gasteiger partial charge in [-0.2, -0.15) is 0 Å². The van der Waals surface area contributed by atoms with E-state index in [0.29, 0.717) is 6.10 Å². The summed E-state index contributed by atoms with van der Waals surface area (Å²) in [7, 11) is 0. The molecule has 0 aliphatic carbocycles. The molecule has 118 valence electrons. The first-order valence-corrected chi connectivity index (χ1v) is 8.02. The van der Waals surface area contributed by atoms with Crippen LogP contribution in [-0.4, -0.2) is 36.7 Å². The van der Waals surface area contributed by atoms with Crippen LogP contribution >= 0.6 is 0 Å². The number of nitrogens with zero attached hydrogens (tertiary/aromatic N) is 1. The van der Waals surface area contributed by atoms with Crippen molar-refractivity contribution in [2.24, 2.45) is 5.73 Å². The molecule has 4 heteroatoms. The van der Waals surface area contributed by atoms with Crippen LogP contribution in [0.5, 0.6) is 0 Å². The summed E-state index contributed by atoms with van der Waals surface area (Å²) in [5, 5.41) is 0. The van der Waals surface area contributed by atoms with Gasteiger partial charge in [0, 0.05) is 25.2 Å². The van der Waals surface area contributed by atoms with E-state index in [-0.39, 0.29) is 17.9 Å². The zero-order valence-electron chi connectivity index (χ0n) is 13.1. The van der Waals surface area contributed by atoms with Crippen LogP contribution in [0.4, 0.5) is 4.39 Å². The molecule has 2 N–H and O–H groups in total. The number of hydrogen-bond acceptors (Lipinski definition) is 3. The Balaban J connectivity index is 2.17. The van der Waals surface area contributed by atoms with Gasteiger partial charge in [-0.05, 0) is 43.5 Å². The Morgan fingerprint density at radius 2 is 2.05 bits per heavy atom. The lowest BCUT2D eigenvalue weighted by atomic mass is 9.95. The zero-order valence-corrected chi connectivity index (χ0v) is 13.1. The number of ether oxygens (including phenoxy) is 1. The first kappa shape index (κ1) is 16.4. The number of nitrogens with two attached hydrogens (primary N) is 1. The van der Waals surface area contributed by atoms with Crippen molar-refractivity contribution in [1.29, 1.82) is 0 Å². The van der Waals surface area contributed by atoms with Crippen LogP contribution < -0.4 is 5.73 Å². The van der Waals surface area contributed by atoms with Crippen molar-refractivity contribution in [3.63, 3.8) is 0 Å². The van der Waals surface area contributed by atoms with Crippen molar-refractivity contribution < 1.29 is 9.13 Å². The molecule has 0 amide bonds. The molecule has 1 heterocycles. The van der Waals surface area contributed by atoms with Gasteiger partial charge in [-0.15, -0.1) is 0 Å². The molecule has 3 nitrogen and oxygen atoms in total.